The van der Waals surface area contributed by atoms with Crippen molar-refractivity contribution >= 4 is 17.5 Å². The Balaban J connectivity index is 1.39. The van der Waals surface area contributed by atoms with Gasteiger partial charge in [0.05, 0.1) is 37.0 Å². The first kappa shape index (κ1) is 21.0. The Morgan fingerprint density at radius 3 is 2.22 bits per heavy atom. The maximum atomic E-state index is 10.9. The SMILES string of the molecule is O=[N+]([O-])c1ccc(CN2CCc3nc(N4CCOCC4)nc(N4CCOCC4)c3C2)cc1. The summed E-state index contributed by atoms with van der Waals surface area (Å²) < 4.78 is 11.1. The molecule has 2 saturated heterocycles. The Morgan fingerprint density at radius 1 is 0.906 bits per heavy atom. The van der Waals surface area contributed by atoms with Gasteiger partial charge >= 0.3 is 0 Å². The second-order valence-electron chi connectivity index (χ2n) is 8.36. The van der Waals surface area contributed by atoms with Crippen molar-refractivity contribution in [2.75, 3.05) is 69.0 Å². The molecule has 3 aliphatic heterocycles. The molecule has 5 rings (SSSR count). The van der Waals surface area contributed by atoms with E-state index in [0.717, 1.165) is 75.3 Å². The van der Waals surface area contributed by atoms with Crippen molar-refractivity contribution in [1.82, 2.24) is 14.9 Å². The van der Waals surface area contributed by atoms with Gasteiger partial charge in [-0.05, 0) is 5.56 Å². The monoisotopic (exact) mass is 440 g/mol. The second kappa shape index (κ2) is 9.35. The lowest BCUT2D eigenvalue weighted by molar-refractivity contribution is -0.384. The number of nitrogens with zero attached hydrogens (tertiary/aromatic N) is 6. The minimum Gasteiger partial charge on any atom is -0.378 e. The maximum absolute atomic E-state index is 10.9. The van der Waals surface area contributed by atoms with Crippen molar-refractivity contribution in [3.63, 3.8) is 0 Å². The molecule has 2 aromatic rings. The Kier molecular flexibility index (Phi) is 6.15. The number of ether oxygens (including phenoxy) is 2. The number of morpholine rings is 2. The van der Waals surface area contributed by atoms with E-state index in [1.165, 1.54) is 5.56 Å². The van der Waals surface area contributed by atoms with E-state index in [9.17, 15) is 10.1 Å². The first-order valence-corrected chi connectivity index (χ1v) is 11.2. The van der Waals surface area contributed by atoms with Crippen LogP contribution in [0.25, 0.3) is 0 Å². The molecule has 1 aromatic heterocycles. The average Bonchev–Trinajstić information content (AvgIpc) is 2.85. The molecule has 0 bridgehead atoms. The molecule has 0 atom stereocenters. The van der Waals surface area contributed by atoms with E-state index in [1.54, 1.807) is 12.1 Å². The van der Waals surface area contributed by atoms with Crippen LogP contribution >= 0.6 is 0 Å². The predicted molar refractivity (Wildman–Crippen MR) is 119 cm³/mol. The average molecular weight is 441 g/mol. The molecule has 0 aliphatic carbocycles. The number of benzene rings is 1. The lowest BCUT2D eigenvalue weighted by Gasteiger charge is -2.36. The van der Waals surface area contributed by atoms with Crippen LogP contribution in [0.3, 0.4) is 0 Å². The van der Waals surface area contributed by atoms with E-state index >= 15 is 0 Å². The van der Waals surface area contributed by atoms with Crippen molar-refractivity contribution in [3.05, 3.63) is 51.2 Å². The quantitative estimate of drug-likeness (QED) is 0.507. The summed E-state index contributed by atoms with van der Waals surface area (Å²) in [5, 5.41) is 10.9. The first-order valence-electron chi connectivity index (χ1n) is 11.2. The molecule has 4 heterocycles. The Bertz CT molecular complexity index is 958. The van der Waals surface area contributed by atoms with Gasteiger partial charge < -0.3 is 19.3 Å². The Morgan fingerprint density at radius 2 is 1.56 bits per heavy atom. The third-order valence-electron chi connectivity index (χ3n) is 6.26. The van der Waals surface area contributed by atoms with Crippen LogP contribution in [-0.4, -0.2) is 78.9 Å². The molecule has 10 heteroatoms. The fourth-order valence-electron chi connectivity index (χ4n) is 4.50. The molecule has 2 fully saturated rings. The molecule has 0 unspecified atom stereocenters. The fourth-order valence-corrected chi connectivity index (χ4v) is 4.50. The second-order valence-corrected chi connectivity index (χ2v) is 8.36. The standard InChI is InChI=1S/C22H28N6O4/c29-28(30)18-3-1-17(2-4-18)15-25-6-5-20-19(16-25)21(26-7-11-31-12-8-26)24-22(23-20)27-9-13-32-14-10-27/h1-4H,5-16H2. The molecule has 0 saturated carbocycles. The molecule has 170 valence electrons. The van der Waals surface area contributed by atoms with Gasteiger partial charge in [0.1, 0.15) is 5.82 Å². The number of aromatic nitrogens is 2. The highest BCUT2D eigenvalue weighted by Gasteiger charge is 2.28. The van der Waals surface area contributed by atoms with Gasteiger partial charge in [-0.3, -0.25) is 15.0 Å². The predicted octanol–water partition coefficient (Wildman–Crippen LogP) is 1.62. The van der Waals surface area contributed by atoms with E-state index in [4.69, 9.17) is 19.4 Å². The van der Waals surface area contributed by atoms with Gasteiger partial charge in [-0.1, -0.05) is 12.1 Å². The maximum Gasteiger partial charge on any atom is 0.269 e. The number of nitro groups is 1. The summed E-state index contributed by atoms with van der Waals surface area (Å²) in [6, 6.07) is 6.83. The molecular weight excluding hydrogens is 412 g/mol. The van der Waals surface area contributed by atoms with Crippen LogP contribution in [0.2, 0.25) is 0 Å². The van der Waals surface area contributed by atoms with Crippen molar-refractivity contribution in [2.45, 2.75) is 19.5 Å². The number of hydrogen-bond donors (Lipinski definition) is 0. The molecule has 32 heavy (non-hydrogen) atoms. The van der Waals surface area contributed by atoms with Crippen LogP contribution in [0, 0.1) is 10.1 Å². The van der Waals surface area contributed by atoms with Crippen molar-refractivity contribution in [3.8, 4) is 0 Å². The van der Waals surface area contributed by atoms with Crippen LogP contribution < -0.4 is 9.80 Å². The number of rotatable bonds is 5. The molecule has 1 aromatic carbocycles. The molecule has 0 amide bonds. The van der Waals surface area contributed by atoms with Crippen LogP contribution in [-0.2, 0) is 29.0 Å². The largest absolute Gasteiger partial charge is 0.378 e. The third kappa shape index (κ3) is 4.52. The number of non-ortho nitro benzene ring substituents is 1. The molecule has 0 spiro atoms. The van der Waals surface area contributed by atoms with Gasteiger partial charge in [0.25, 0.3) is 5.69 Å². The van der Waals surface area contributed by atoms with E-state index in [0.29, 0.717) is 26.4 Å². The van der Waals surface area contributed by atoms with Crippen LogP contribution in [0.15, 0.2) is 24.3 Å². The van der Waals surface area contributed by atoms with Crippen LogP contribution in [0.4, 0.5) is 17.5 Å². The molecule has 0 N–H and O–H groups in total. The van der Waals surface area contributed by atoms with Gasteiger partial charge in [0.15, 0.2) is 0 Å². The van der Waals surface area contributed by atoms with E-state index in [1.807, 2.05) is 12.1 Å². The Labute approximate surface area is 186 Å². The number of hydrogen-bond acceptors (Lipinski definition) is 9. The minimum absolute atomic E-state index is 0.122. The van der Waals surface area contributed by atoms with Crippen LogP contribution in [0.5, 0.6) is 0 Å². The summed E-state index contributed by atoms with van der Waals surface area (Å²) in [6.45, 7) is 8.51. The molecule has 0 radical (unpaired) electrons. The zero-order chi connectivity index (χ0) is 21.9. The fraction of sp³-hybridized carbons (Fsp3) is 0.545. The summed E-state index contributed by atoms with van der Waals surface area (Å²) in [5.74, 6) is 1.82. The molecule has 10 nitrogen and oxygen atoms in total. The smallest absolute Gasteiger partial charge is 0.269 e. The Hall–Kier alpha value is -2.82. The van der Waals surface area contributed by atoms with Crippen molar-refractivity contribution in [2.24, 2.45) is 0 Å². The zero-order valence-electron chi connectivity index (χ0n) is 18.1. The summed E-state index contributed by atoms with van der Waals surface area (Å²) >= 11 is 0. The van der Waals surface area contributed by atoms with Gasteiger partial charge in [-0.25, -0.2) is 4.98 Å². The minimum atomic E-state index is -0.362. The van der Waals surface area contributed by atoms with Gasteiger partial charge in [0, 0.05) is 69.9 Å². The van der Waals surface area contributed by atoms with Gasteiger partial charge in [-0.2, -0.15) is 4.98 Å². The van der Waals surface area contributed by atoms with Gasteiger partial charge in [-0.15, -0.1) is 0 Å². The zero-order valence-corrected chi connectivity index (χ0v) is 18.1. The van der Waals surface area contributed by atoms with E-state index in [-0.39, 0.29) is 10.6 Å². The molecular formula is C22H28N6O4. The van der Waals surface area contributed by atoms with E-state index < -0.39 is 0 Å². The van der Waals surface area contributed by atoms with Crippen molar-refractivity contribution < 1.29 is 14.4 Å². The van der Waals surface area contributed by atoms with E-state index in [2.05, 4.69) is 14.7 Å². The third-order valence-corrected chi connectivity index (χ3v) is 6.26. The number of nitro benzene ring substituents is 1. The summed E-state index contributed by atoms with van der Waals surface area (Å²) in [6.07, 6.45) is 0.861. The summed E-state index contributed by atoms with van der Waals surface area (Å²) in [5.41, 5.74) is 3.51. The highest BCUT2D eigenvalue weighted by molar-refractivity contribution is 5.54. The number of fused-ring (bicyclic) bond motifs is 1. The normalized spacial score (nSPS) is 19.6. The lowest BCUT2D eigenvalue weighted by Crippen LogP contribution is -2.41. The van der Waals surface area contributed by atoms with Gasteiger partial charge in [0.2, 0.25) is 5.95 Å². The lowest BCUT2D eigenvalue weighted by atomic mass is 10.0. The van der Waals surface area contributed by atoms with Crippen LogP contribution in [0.1, 0.15) is 16.8 Å². The number of anilines is 2. The summed E-state index contributed by atoms with van der Waals surface area (Å²) in [4.78, 5) is 27.5. The molecule has 3 aliphatic rings. The van der Waals surface area contributed by atoms with Crippen molar-refractivity contribution in [1.29, 1.82) is 0 Å². The summed E-state index contributed by atoms with van der Waals surface area (Å²) in [7, 11) is 0. The first-order chi connectivity index (χ1) is 15.7. The topological polar surface area (TPSA) is 97.1 Å². The highest BCUT2D eigenvalue weighted by atomic mass is 16.6. The highest BCUT2D eigenvalue weighted by Crippen LogP contribution is 2.30.